The number of hydrogen-bond acceptors (Lipinski definition) is 2. The van der Waals surface area contributed by atoms with Crippen molar-refractivity contribution in [2.75, 3.05) is 0 Å². The highest BCUT2D eigenvalue weighted by molar-refractivity contribution is 6.35. The van der Waals surface area contributed by atoms with E-state index in [4.69, 9.17) is 0 Å². The molecule has 3 aromatic rings. The molecule has 2 amide bonds. The molecular weight excluding hydrogens is 262 g/mol. The van der Waals surface area contributed by atoms with Crippen LogP contribution in [0.1, 0.15) is 5.56 Å². The fraction of sp³-hybridized carbons (Fsp3) is 0. The SMILES string of the molecule is O=C1C=C(c2cccc3cc4ccccc4cc23)C(=O)N1. The van der Waals surface area contributed by atoms with Crippen LogP contribution in [0.15, 0.2) is 60.7 Å². The molecule has 21 heavy (non-hydrogen) atoms. The zero-order valence-electron chi connectivity index (χ0n) is 11.1. The molecule has 1 aliphatic heterocycles. The topological polar surface area (TPSA) is 46.2 Å². The Hall–Kier alpha value is -2.94. The van der Waals surface area contributed by atoms with E-state index in [2.05, 4.69) is 23.5 Å². The number of carbonyl (C=O) groups excluding carboxylic acids is 2. The van der Waals surface area contributed by atoms with E-state index in [-0.39, 0.29) is 11.8 Å². The van der Waals surface area contributed by atoms with Gasteiger partial charge >= 0.3 is 0 Å². The van der Waals surface area contributed by atoms with Gasteiger partial charge in [0.2, 0.25) is 0 Å². The van der Waals surface area contributed by atoms with Gasteiger partial charge in [0, 0.05) is 6.08 Å². The molecule has 0 radical (unpaired) electrons. The van der Waals surface area contributed by atoms with Gasteiger partial charge in [0.15, 0.2) is 0 Å². The van der Waals surface area contributed by atoms with Crippen LogP contribution in [0.3, 0.4) is 0 Å². The van der Waals surface area contributed by atoms with Crippen molar-refractivity contribution >= 4 is 38.9 Å². The molecule has 0 atom stereocenters. The molecule has 3 nitrogen and oxygen atoms in total. The zero-order valence-corrected chi connectivity index (χ0v) is 11.1. The highest BCUT2D eigenvalue weighted by Crippen LogP contribution is 2.30. The number of nitrogens with one attached hydrogen (secondary N) is 1. The minimum atomic E-state index is -0.354. The maximum atomic E-state index is 11.9. The van der Waals surface area contributed by atoms with Gasteiger partial charge in [0.05, 0.1) is 5.57 Å². The van der Waals surface area contributed by atoms with Gasteiger partial charge in [0.1, 0.15) is 0 Å². The van der Waals surface area contributed by atoms with Crippen LogP contribution in [-0.4, -0.2) is 11.8 Å². The molecule has 0 aromatic heterocycles. The smallest absolute Gasteiger partial charge is 0.258 e. The van der Waals surface area contributed by atoms with E-state index in [1.807, 2.05) is 36.4 Å². The second kappa shape index (κ2) is 4.28. The Balaban J connectivity index is 2.06. The largest absolute Gasteiger partial charge is 0.289 e. The summed E-state index contributed by atoms with van der Waals surface area (Å²) < 4.78 is 0. The molecule has 3 aromatic carbocycles. The van der Waals surface area contributed by atoms with Gasteiger partial charge in [-0.1, -0.05) is 42.5 Å². The highest BCUT2D eigenvalue weighted by Gasteiger charge is 2.23. The molecule has 100 valence electrons. The lowest BCUT2D eigenvalue weighted by Crippen LogP contribution is -2.21. The number of benzene rings is 3. The van der Waals surface area contributed by atoms with E-state index in [9.17, 15) is 9.59 Å². The third-order valence-electron chi connectivity index (χ3n) is 3.79. The zero-order chi connectivity index (χ0) is 14.4. The van der Waals surface area contributed by atoms with Gasteiger partial charge in [-0.2, -0.15) is 0 Å². The van der Waals surface area contributed by atoms with E-state index in [0.29, 0.717) is 5.57 Å². The van der Waals surface area contributed by atoms with E-state index < -0.39 is 0 Å². The second-order valence-corrected chi connectivity index (χ2v) is 5.10. The summed E-state index contributed by atoms with van der Waals surface area (Å²) in [7, 11) is 0. The van der Waals surface area contributed by atoms with Crippen LogP contribution < -0.4 is 5.32 Å². The fourth-order valence-corrected chi connectivity index (χ4v) is 2.81. The van der Waals surface area contributed by atoms with E-state index in [1.54, 1.807) is 0 Å². The summed E-state index contributed by atoms with van der Waals surface area (Å²) in [5, 5.41) is 6.60. The molecule has 0 saturated heterocycles. The highest BCUT2D eigenvalue weighted by atomic mass is 16.2. The van der Waals surface area contributed by atoms with Crippen molar-refractivity contribution in [1.82, 2.24) is 5.32 Å². The Morgan fingerprint density at radius 1 is 0.762 bits per heavy atom. The Morgan fingerprint density at radius 2 is 1.48 bits per heavy atom. The first-order valence-corrected chi connectivity index (χ1v) is 6.71. The molecule has 0 fully saturated rings. The summed E-state index contributed by atoms with van der Waals surface area (Å²) in [6, 6.07) is 18.1. The summed E-state index contributed by atoms with van der Waals surface area (Å²) in [4.78, 5) is 23.3. The number of fused-ring (bicyclic) bond motifs is 2. The molecule has 0 aliphatic carbocycles. The maximum absolute atomic E-state index is 11.9. The molecule has 0 unspecified atom stereocenters. The first kappa shape index (κ1) is 11.9. The summed E-state index contributed by atoms with van der Waals surface area (Å²) in [5.41, 5.74) is 1.22. The summed E-state index contributed by atoms with van der Waals surface area (Å²) >= 11 is 0. The minimum absolute atomic E-state index is 0.333. The maximum Gasteiger partial charge on any atom is 0.258 e. The predicted octanol–water partition coefficient (Wildman–Crippen LogP) is 3.03. The Morgan fingerprint density at radius 3 is 2.19 bits per heavy atom. The molecule has 0 bridgehead atoms. The van der Waals surface area contributed by atoms with Crippen molar-refractivity contribution in [2.45, 2.75) is 0 Å². The van der Waals surface area contributed by atoms with Crippen LogP contribution in [0.25, 0.3) is 27.1 Å². The lowest BCUT2D eigenvalue weighted by Gasteiger charge is -2.08. The van der Waals surface area contributed by atoms with Gasteiger partial charge in [-0.3, -0.25) is 14.9 Å². The fourth-order valence-electron chi connectivity index (χ4n) is 2.81. The number of rotatable bonds is 1. The van der Waals surface area contributed by atoms with Gasteiger partial charge < -0.3 is 0 Å². The minimum Gasteiger partial charge on any atom is -0.289 e. The Labute approximate surface area is 120 Å². The van der Waals surface area contributed by atoms with E-state index in [1.165, 1.54) is 6.08 Å². The molecule has 0 saturated carbocycles. The average molecular weight is 273 g/mol. The van der Waals surface area contributed by atoms with Crippen molar-refractivity contribution in [3.8, 4) is 0 Å². The summed E-state index contributed by atoms with van der Waals surface area (Å²) in [6.45, 7) is 0. The van der Waals surface area contributed by atoms with Crippen molar-refractivity contribution in [1.29, 1.82) is 0 Å². The van der Waals surface area contributed by atoms with Crippen LogP contribution in [-0.2, 0) is 9.59 Å². The molecule has 0 spiro atoms. The first-order chi connectivity index (χ1) is 10.2. The Bertz CT molecular complexity index is 954. The molecule has 1 heterocycles. The molecule has 1 aliphatic rings. The lowest BCUT2D eigenvalue weighted by molar-refractivity contribution is -0.123. The third-order valence-corrected chi connectivity index (χ3v) is 3.79. The van der Waals surface area contributed by atoms with Gasteiger partial charge in [-0.15, -0.1) is 0 Å². The van der Waals surface area contributed by atoms with Gasteiger partial charge in [-0.05, 0) is 39.2 Å². The standard InChI is InChI=1S/C18H11NO2/c20-17-10-16(18(21)19-17)14-7-3-6-13-8-11-4-1-2-5-12(11)9-15(13)14/h1-10H,(H,19,20,21). The molecule has 1 N–H and O–H groups in total. The van der Waals surface area contributed by atoms with Crippen LogP contribution in [0.4, 0.5) is 0 Å². The monoisotopic (exact) mass is 273 g/mol. The normalized spacial score (nSPS) is 14.6. The summed E-state index contributed by atoms with van der Waals surface area (Å²) in [6.07, 6.45) is 1.37. The number of amides is 2. The predicted molar refractivity (Wildman–Crippen MR) is 82.6 cm³/mol. The third kappa shape index (κ3) is 1.82. The van der Waals surface area contributed by atoms with Gasteiger partial charge in [-0.25, -0.2) is 0 Å². The van der Waals surface area contributed by atoms with Crippen molar-refractivity contribution in [2.24, 2.45) is 0 Å². The van der Waals surface area contributed by atoms with Gasteiger partial charge in [0.25, 0.3) is 11.8 Å². The van der Waals surface area contributed by atoms with Crippen LogP contribution >= 0.6 is 0 Å². The number of imide groups is 1. The van der Waals surface area contributed by atoms with E-state index in [0.717, 1.165) is 27.1 Å². The van der Waals surface area contributed by atoms with Crippen molar-refractivity contribution in [3.05, 3.63) is 66.2 Å². The van der Waals surface area contributed by atoms with E-state index >= 15 is 0 Å². The number of hydrogen-bond donors (Lipinski definition) is 1. The van der Waals surface area contributed by atoms with Crippen LogP contribution in [0, 0.1) is 0 Å². The average Bonchev–Trinajstić information content (AvgIpc) is 2.83. The van der Waals surface area contributed by atoms with Crippen molar-refractivity contribution in [3.63, 3.8) is 0 Å². The number of carbonyl (C=O) groups is 2. The van der Waals surface area contributed by atoms with Crippen LogP contribution in [0.5, 0.6) is 0 Å². The molecule has 3 heteroatoms. The molecule has 4 rings (SSSR count). The first-order valence-electron chi connectivity index (χ1n) is 6.71. The Kier molecular flexibility index (Phi) is 2.42. The second-order valence-electron chi connectivity index (χ2n) is 5.10. The van der Waals surface area contributed by atoms with Crippen LogP contribution in [0.2, 0.25) is 0 Å². The summed E-state index contributed by atoms with van der Waals surface area (Å²) in [5.74, 6) is -0.687. The lowest BCUT2D eigenvalue weighted by atomic mass is 9.95. The molecular formula is C18H11NO2. The quantitative estimate of drug-likeness (QED) is 0.547. The van der Waals surface area contributed by atoms with Crippen molar-refractivity contribution < 1.29 is 9.59 Å².